The summed E-state index contributed by atoms with van der Waals surface area (Å²) in [5.74, 6) is 1.69. The van der Waals surface area contributed by atoms with Crippen LogP contribution in [0.25, 0.3) is 17.1 Å². The minimum Gasteiger partial charge on any atom is -0.494 e. The predicted octanol–water partition coefficient (Wildman–Crippen LogP) is 6.49. The van der Waals surface area contributed by atoms with Crippen molar-refractivity contribution in [1.29, 1.82) is 0 Å². The molecule has 0 unspecified atom stereocenters. The lowest BCUT2D eigenvalue weighted by Gasteiger charge is -2.14. The van der Waals surface area contributed by atoms with Gasteiger partial charge < -0.3 is 4.74 Å². The third-order valence-electron chi connectivity index (χ3n) is 4.90. The minimum atomic E-state index is 0.253. The summed E-state index contributed by atoms with van der Waals surface area (Å²) < 4.78 is 7.74. The van der Waals surface area contributed by atoms with Crippen molar-refractivity contribution >= 4 is 11.8 Å². The molecule has 0 saturated heterocycles. The summed E-state index contributed by atoms with van der Waals surface area (Å²) in [4.78, 5) is 0. The molecule has 4 rings (SSSR count). The van der Waals surface area contributed by atoms with Crippen LogP contribution in [0.5, 0.6) is 5.75 Å². The number of aryl methyl sites for hydroxylation is 1. The zero-order valence-corrected chi connectivity index (χ0v) is 18.3. The predicted molar refractivity (Wildman–Crippen MR) is 123 cm³/mol. The molecule has 0 aliphatic carbocycles. The van der Waals surface area contributed by atoms with Crippen LogP contribution in [0.3, 0.4) is 0 Å². The summed E-state index contributed by atoms with van der Waals surface area (Å²) in [6.45, 7) is 6.92. The van der Waals surface area contributed by atoms with Crippen molar-refractivity contribution in [2.75, 3.05) is 6.61 Å². The summed E-state index contributed by atoms with van der Waals surface area (Å²) in [6, 6.07) is 27.0. The number of rotatable bonds is 7. The van der Waals surface area contributed by atoms with Crippen molar-refractivity contribution in [3.8, 4) is 22.8 Å². The fourth-order valence-electron chi connectivity index (χ4n) is 3.28. The first-order chi connectivity index (χ1) is 14.7. The molecular weight excluding hydrogens is 390 g/mol. The number of aromatic nitrogens is 3. The molecule has 0 amide bonds. The van der Waals surface area contributed by atoms with Crippen LogP contribution in [-0.2, 0) is 0 Å². The lowest BCUT2D eigenvalue weighted by molar-refractivity contribution is 0.340. The van der Waals surface area contributed by atoms with Crippen LogP contribution in [0, 0.1) is 6.92 Å². The number of hydrogen-bond donors (Lipinski definition) is 0. The molecule has 5 heteroatoms. The fourth-order valence-corrected chi connectivity index (χ4v) is 4.27. The van der Waals surface area contributed by atoms with Gasteiger partial charge in [0, 0.05) is 16.5 Å². The van der Waals surface area contributed by atoms with Crippen LogP contribution in [-0.4, -0.2) is 21.4 Å². The van der Waals surface area contributed by atoms with Gasteiger partial charge in [0.25, 0.3) is 0 Å². The fraction of sp³-hybridized carbons (Fsp3) is 0.200. The Morgan fingerprint density at radius 3 is 2.27 bits per heavy atom. The van der Waals surface area contributed by atoms with Gasteiger partial charge in [-0.1, -0.05) is 71.9 Å². The van der Waals surface area contributed by atoms with Crippen molar-refractivity contribution in [2.24, 2.45) is 0 Å². The Bertz CT molecular complexity index is 1090. The number of hydrogen-bond acceptors (Lipinski definition) is 4. The Morgan fingerprint density at radius 1 is 0.900 bits per heavy atom. The first-order valence-corrected chi connectivity index (χ1v) is 11.0. The zero-order chi connectivity index (χ0) is 20.9. The van der Waals surface area contributed by atoms with Gasteiger partial charge in [0.2, 0.25) is 0 Å². The van der Waals surface area contributed by atoms with E-state index in [0.29, 0.717) is 6.61 Å². The molecule has 0 aliphatic rings. The molecule has 4 nitrogen and oxygen atoms in total. The van der Waals surface area contributed by atoms with Gasteiger partial charge in [-0.05, 0) is 50.6 Å². The second kappa shape index (κ2) is 9.18. The average Bonchev–Trinajstić information content (AvgIpc) is 3.19. The third-order valence-corrected chi connectivity index (χ3v) is 6.00. The molecule has 1 atom stereocenters. The SMILES string of the molecule is CCOc1ccc(-n2c(S[C@H](C)c3ccccc3)nnc2-c2ccc(C)cc2)cc1. The van der Waals surface area contributed by atoms with Gasteiger partial charge in [-0.15, -0.1) is 10.2 Å². The van der Waals surface area contributed by atoms with E-state index in [9.17, 15) is 0 Å². The van der Waals surface area contributed by atoms with Gasteiger partial charge in [0.1, 0.15) is 5.75 Å². The topological polar surface area (TPSA) is 39.9 Å². The molecule has 0 aliphatic heterocycles. The van der Waals surface area contributed by atoms with Gasteiger partial charge in [0.15, 0.2) is 11.0 Å². The second-order valence-electron chi connectivity index (χ2n) is 7.11. The molecule has 4 aromatic rings. The van der Waals surface area contributed by atoms with Crippen molar-refractivity contribution in [3.05, 3.63) is 90.0 Å². The molecule has 1 heterocycles. The highest BCUT2D eigenvalue weighted by molar-refractivity contribution is 7.99. The van der Waals surface area contributed by atoms with Gasteiger partial charge >= 0.3 is 0 Å². The first-order valence-electron chi connectivity index (χ1n) is 10.1. The van der Waals surface area contributed by atoms with Crippen molar-refractivity contribution < 1.29 is 4.74 Å². The van der Waals surface area contributed by atoms with Crippen molar-refractivity contribution in [2.45, 2.75) is 31.2 Å². The molecule has 152 valence electrons. The minimum absolute atomic E-state index is 0.253. The van der Waals surface area contributed by atoms with Gasteiger partial charge in [-0.3, -0.25) is 4.57 Å². The van der Waals surface area contributed by atoms with Gasteiger partial charge in [0.05, 0.1) is 6.61 Å². The lowest BCUT2D eigenvalue weighted by Crippen LogP contribution is -2.01. The zero-order valence-electron chi connectivity index (χ0n) is 17.4. The number of benzene rings is 3. The molecule has 30 heavy (non-hydrogen) atoms. The first kappa shape index (κ1) is 20.2. The number of thioether (sulfide) groups is 1. The average molecular weight is 416 g/mol. The molecule has 0 saturated carbocycles. The van der Waals surface area contributed by atoms with Gasteiger partial charge in [-0.25, -0.2) is 0 Å². The quantitative estimate of drug-likeness (QED) is 0.323. The number of nitrogens with zero attached hydrogens (tertiary/aromatic N) is 3. The van der Waals surface area contributed by atoms with Crippen molar-refractivity contribution in [3.63, 3.8) is 0 Å². The molecule has 1 aromatic heterocycles. The highest BCUT2D eigenvalue weighted by Gasteiger charge is 2.19. The van der Waals surface area contributed by atoms with E-state index in [1.807, 2.05) is 25.1 Å². The van der Waals surface area contributed by atoms with Crippen LogP contribution >= 0.6 is 11.8 Å². The van der Waals surface area contributed by atoms with E-state index in [1.54, 1.807) is 11.8 Å². The highest BCUT2D eigenvalue weighted by Crippen LogP contribution is 2.37. The second-order valence-corrected chi connectivity index (χ2v) is 8.41. The van der Waals surface area contributed by atoms with E-state index in [-0.39, 0.29) is 5.25 Å². The van der Waals surface area contributed by atoms with Crippen LogP contribution < -0.4 is 4.74 Å². The Labute approximate surface area is 181 Å². The Hall–Kier alpha value is -3.05. The Balaban J connectivity index is 1.75. The molecule has 0 N–H and O–H groups in total. The maximum absolute atomic E-state index is 5.61. The van der Waals surface area contributed by atoms with Gasteiger partial charge in [-0.2, -0.15) is 0 Å². The summed E-state index contributed by atoms with van der Waals surface area (Å²) in [5, 5.41) is 10.2. The highest BCUT2D eigenvalue weighted by atomic mass is 32.2. The van der Waals surface area contributed by atoms with E-state index in [0.717, 1.165) is 28.0 Å². The van der Waals surface area contributed by atoms with Crippen LogP contribution in [0.2, 0.25) is 0 Å². The summed E-state index contributed by atoms with van der Waals surface area (Å²) in [7, 11) is 0. The van der Waals surface area contributed by atoms with E-state index < -0.39 is 0 Å². The normalized spacial score (nSPS) is 12.0. The molecular formula is C25H25N3OS. The lowest BCUT2D eigenvalue weighted by atomic mass is 10.1. The van der Waals surface area contributed by atoms with E-state index in [1.165, 1.54) is 11.1 Å². The van der Waals surface area contributed by atoms with E-state index >= 15 is 0 Å². The smallest absolute Gasteiger partial charge is 0.196 e. The Morgan fingerprint density at radius 2 is 1.60 bits per heavy atom. The summed E-state index contributed by atoms with van der Waals surface area (Å²) in [6.07, 6.45) is 0. The Kier molecular flexibility index (Phi) is 6.19. The maximum Gasteiger partial charge on any atom is 0.196 e. The molecule has 0 fully saturated rings. The maximum atomic E-state index is 5.61. The molecule has 3 aromatic carbocycles. The third kappa shape index (κ3) is 4.41. The van der Waals surface area contributed by atoms with Crippen LogP contribution in [0.15, 0.2) is 84.0 Å². The van der Waals surface area contributed by atoms with Crippen molar-refractivity contribution in [1.82, 2.24) is 14.8 Å². The largest absolute Gasteiger partial charge is 0.494 e. The monoisotopic (exact) mass is 415 g/mol. The summed E-state index contributed by atoms with van der Waals surface area (Å²) >= 11 is 1.71. The van der Waals surface area contributed by atoms with E-state index in [2.05, 4.69) is 89.3 Å². The summed E-state index contributed by atoms with van der Waals surface area (Å²) in [5.41, 5.74) is 4.54. The van der Waals surface area contributed by atoms with Crippen LogP contribution in [0.1, 0.15) is 30.2 Å². The van der Waals surface area contributed by atoms with Crippen LogP contribution in [0.4, 0.5) is 0 Å². The van der Waals surface area contributed by atoms with E-state index in [4.69, 9.17) is 4.74 Å². The standard InChI is InChI=1S/C25H25N3OS/c1-4-29-23-16-14-22(15-17-23)28-24(21-12-10-18(2)11-13-21)26-27-25(28)30-19(3)20-8-6-5-7-9-20/h5-17,19H,4H2,1-3H3/t19-/m1/s1. The number of ether oxygens (including phenoxy) is 1. The molecule has 0 bridgehead atoms. The molecule has 0 radical (unpaired) electrons. The molecule has 0 spiro atoms.